The van der Waals surface area contributed by atoms with Crippen molar-refractivity contribution in [1.29, 1.82) is 0 Å². The molecule has 1 saturated carbocycles. The minimum Gasteiger partial charge on any atom is -0.478 e. The SMILES string of the molecule is O=C(O)c1cccc(NC(=O)C2CC2)c1N1CCCC1. The fraction of sp³-hybridized carbons (Fsp3) is 0.467. The number of nitrogens with zero attached hydrogens (tertiary/aromatic N) is 1. The molecule has 1 aliphatic carbocycles. The lowest BCUT2D eigenvalue weighted by atomic mass is 10.1. The number of carboxylic acid groups (broad SMARTS) is 1. The van der Waals surface area contributed by atoms with Gasteiger partial charge in [0.25, 0.3) is 0 Å². The Morgan fingerprint density at radius 3 is 2.50 bits per heavy atom. The number of carbonyl (C=O) groups excluding carboxylic acids is 1. The number of amides is 1. The quantitative estimate of drug-likeness (QED) is 0.884. The molecule has 0 bridgehead atoms. The second-order valence-corrected chi connectivity index (χ2v) is 5.46. The van der Waals surface area contributed by atoms with Gasteiger partial charge in [-0.15, -0.1) is 0 Å². The highest BCUT2D eigenvalue weighted by Gasteiger charge is 2.31. The Bertz CT molecular complexity index is 546. The average molecular weight is 274 g/mol. The predicted molar refractivity (Wildman–Crippen MR) is 76.2 cm³/mol. The summed E-state index contributed by atoms with van der Waals surface area (Å²) in [5.41, 5.74) is 1.55. The topological polar surface area (TPSA) is 69.6 Å². The zero-order valence-corrected chi connectivity index (χ0v) is 11.3. The van der Waals surface area contributed by atoms with Crippen molar-refractivity contribution in [2.45, 2.75) is 25.7 Å². The third-order valence-corrected chi connectivity index (χ3v) is 3.89. The monoisotopic (exact) mass is 274 g/mol. The first-order valence-corrected chi connectivity index (χ1v) is 7.09. The Morgan fingerprint density at radius 1 is 1.20 bits per heavy atom. The molecule has 3 rings (SSSR count). The van der Waals surface area contributed by atoms with Crippen LogP contribution in [-0.4, -0.2) is 30.1 Å². The first kappa shape index (κ1) is 13.0. The van der Waals surface area contributed by atoms with E-state index in [1.165, 1.54) is 0 Å². The maximum Gasteiger partial charge on any atom is 0.337 e. The smallest absolute Gasteiger partial charge is 0.337 e. The lowest BCUT2D eigenvalue weighted by Gasteiger charge is -2.23. The third kappa shape index (κ3) is 2.48. The van der Waals surface area contributed by atoms with Crippen molar-refractivity contribution in [2.24, 2.45) is 5.92 Å². The predicted octanol–water partition coefficient (Wildman–Crippen LogP) is 2.33. The normalized spacial score (nSPS) is 18.1. The standard InChI is InChI=1S/C15H18N2O3/c18-14(10-6-7-10)16-12-5-3-4-11(15(19)20)13(12)17-8-1-2-9-17/h3-5,10H,1-2,6-9H2,(H,16,18)(H,19,20). The highest BCUT2D eigenvalue weighted by Crippen LogP contribution is 2.35. The third-order valence-electron chi connectivity index (χ3n) is 3.89. The molecule has 0 spiro atoms. The van der Waals surface area contributed by atoms with Crippen LogP contribution >= 0.6 is 0 Å². The highest BCUT2D eigenvalue weighted by atomic mass is 16.4. The summed E-state index contributed by atoms with van der Waals surface area (Å²) in [7, 11) is 0. The van der Waals surface area contributed by atoms with Crippen LogP contribution in [0.25, 0.3) is 0 Å². The average Bonchev–Trinajstić information content (AvgIpc) is 3.15. The molecular formula is C15H18N2O3. The molecule has 5 nitrogen and oxygen atoms in total. The van der Waals surface area contributed by atoms with Crippen LogP contribution in [0, 0.1) is 5.92 Å². The second-order valence-electron chi connectivity index (χ2n) is 5.46. The van der Waals surface area contributed by atoms with E-state index in [2.05, 4.69) is 10.2 Å². The molecule has 1 saturated heterocycles. The molecule has 2 aliphatic rings. The van der Waals surface area contributed by atoms with Crippen molar-refractivity contribution in [3.63, 3.8) is 0 Å². The van der Waals surface area contributed by atoms with Crippen LogP contribution in [0.1, 0.15) is 36.0 Å². The van der Waals surface area contributed by atoms with Gasteiger partial charge in [-0.25, -0.2) is 4.79 Å². The van der Waals surface area contributed by atoms with Crippen molar-refractivity contribution in [3.05, 3.63) is 23.8 Å². The molecule has 2 fully saturated rings. The van der Waals surface area contributed by atoms with Gasteiger partial charge in [0.2, 0.25) is 5.91 Å². The molecule has 1 aromatic rings. The number of anilines is 2. The van der Waals surface area contributed by atoms with Gasteiger partial charge in [0.15, 0.2) is 0 Å². The molecule has 2 N–H and O–H groups in total. The molecule has 106 valence electrons. The maximum atomic E-state index is 11.9. The summed E-state index contributed by atoms with van der Waals surface area (Å²) in [6, 6.07) is 5.08. The number of hydrogen-bond acceptors (Lipinski definition) is 3. The van der Waals surface area contributed by atoms with Crippen LogP contribution < -0.4 is 10.2 Å². The van der Waals surface area contributed by atoms with Crippen molar-refractivity contribution in [2.75, 3.05) is 23.3 Å². The lowest BCUT2D eigenvalue weighted by molar-refractivity contribution is -0.117. The van der Waals surface area contributed by atoms with Crippen LogP contribution in [0.3, 0.4) is 0 Å². The zero-order chi connectivity index (χ0) is 14.1. The van der Waals surface area contributed by atoms with Crippen LogP contribution in [0.4, 0.5) is 11.4 Å². The van der Waals surface area contributed by atoms with E-state index in [1.807, 2.05) is 0 Å². The van der Waals surface area contributed by atoms with E-state index in [9.17, 15) is 14.7 Å². The van der Waals surface area contributed by atoms with Gasteiger partial charge < -0.3 is 15.3 Å². The fourth-order valence-electron chi connectivity index (χ4n) is 2.68. The number of hydrogen-bond donors (Lipinski definition) is 2. The van der Waals surface area contributed by atoms with Crippen LogP contribution in [0.2, 0.25) is 0 Å². The molecule has 1 heterocycles. The van der Waals surface area contributed by atoms with E-state index in [4.69, 9.17) is 0 Å². The molecule has 1 amide bonds. The van der Waals surface area contributed by atoms with E-state index < -0.39 is 5.97 Å². The van der Waals surface area contributed by atoms with Gasteiger partial charge in [0, 0.05) is 19.0 Å². The highest BCUT2D eigenvalue weighted by molar-refractivity contribution is 6.03. The molecule has 5 heteroatoms. The molecule has 1 aliphatic heterocycles. The van der Waals surface area contributed by atoms with Gasteiger partial charge in [0.05, 0.1) is 16.9 Å². The van der Waals surface area contributed by atoms with E-state index in [0.29, 0.717) is 11.4 Å². The van der Waals surface area contributed by atoms with Gasteiger partial charge in [-0.05, 0) is 37.8 Å². The van der Waals surface area contributed by atoms with Crippen LogP contribution in [0.5, 0.6) is 0 Å². The number of aromatic carboxylic acids is 1. The van der Waals surface area contributed by atoms with Gasteiger partial charge in [-0.1, -0.05) is 6.07 Å². The summed E-state index contributed by atoms with van der Waals surface area (Å²) in [5, 5.41) is 12.3. The Kier molecular flexibility index (Phi) is 3.34. The van der Waals surface area contributed by atoms with Gasteiger partial charge in [-0.3, -0.25) is 4.79 Å². The number of para-hydroxylation sites is 1. The molecule has 1 aromatic carbocycles. The minimum absolute atomic E-state index is 0.00739. The summed E-state index contributed by atoms with van der Waals surface area (Å²) in [4.78, 5) is 25.4. The summed E-state index contributed by atoms with van der Waals surface area (Å²) < 4.78 is 0. The lowest BCUT2D eigenvalue weighted by Crippen LogP contribution is -2.24. The summed E-state index contributed by atoms with van der Waals surface area (Å²) in [6.45, 7) is 1.69. The van der Waals surface area contributed by atoms with Gasteiger partial charge in [0.1, 0.15) is 0 Å². The van der Waals surface area contributed by atoms with E-state index in [0.717, 1.165) is 38.8 Å². The van der Waals surface area contributed by atoms with E-state index in [1.54, 1.807) is 18.2 Å². The molecular weight excluding hydrogens is 256 g/mol. The zero-order valence-electron chi connectivity index (χ0n) is 11.3. The van der Waals surface area contributed by atoms with Gasteiger partial charge >= 0.3 is 5.97 Å². The van der Waals surface area contributed by atoms with Crippen molar-refractivity contribution < 1.29 is 14.7 Å². The maximum absolute atomic E-state index is 11.9. The van der Waals surface area contributed by atoms with Gasteiger partial charge in [-0.2, -0.15) is 0 Å². The number of nitrogens with one attached hydrogen (secondary N) is 1. The first-order chi connectivity index (χ1) is 9.66. The molecule has 0 atom stereocenters. The van der Waals surface area contributed by atoms with Crippen LogP contribution in [-0.2, 0) is 4.79 Å². The van der Waals surface area contributed by atoms with Crippen LogP contribution in [0.15, 0.2) is 18.2 Å². The number of rotatable bonds is 4. The van der Waals surface area contributed by atoms with E-state index >= 15 is 0 Å². The van der Waals surface area contributed by atoms with Crippen molar-refractivity contribution in [1.82, 2.24) is 0 Å². The number of carbonyl (C=O) groups is 2. The van der Waals surface area contributed by atoms with Crippen molar-refractivity contribution >= 4 is 23.3 Å². The van der Waals surface area contributed by atoms with Crippen molar-refractivity contribution in [3.8, 4) is 0 Å². The Labute approximate surface area is 117 Å². The fourth-order valence-corrected chi connectivity index (χ4v) is 2.68. The minimum atomic E-state index is -0.950. The largest absolute Gasteiger partial charge is 0.478 e. The van der Waals surface area contributed by atoms with E-state index in [-0.39, 0.29) is 17.4 Å². The Hall–Kier alpha value is -2.04. The first-order valence-electron chi connectivity index (χ1n) is 7.09. The number of carboxylic acids is 1. The molecule has 0 aromatic heterocycles. The summed E-state index contributed by atoms with van der Waals surface area (Å²) >= 11 is 0. The molecule has 20 heavy (non-hydrogen) atoms. The second kappa shape index (κ2) is 5.15. The Balaban J connectivity index is 1.96. The number of benzene rings is 1. The summed E-state index contributed by atoms with van der Waals surface area (Å²) in [5.74, 6) is -0.836. The Morgan fingerprint density at radius 2 is 1.90 bits per heavy atom. The molecule has 0 radical (unpaired) electrons. The summed E-state index contributed by atoms with van der Waals surface area (Å²) in [6.07, 6.45) is 3.99. The molecule has 0 unspecified atom stereocenters.